The van der Waals surface area contributed by atoms with Crippen molar-refractivity contribution in [3.63, 3.8) is 0 Å². The molecule has 0 saturated heterocycles. The average molecular weight is 285 g/mol. The van der Waals surface area contributed by atoms with E-state index in [-0.39, 0.29) is 11.4 Å². The first-order valence-electron chi connectivity index (χ1n) is 6.33. The number of carbonyl (C=O) groups excluding carboxylic acids is 1. The Labute approximate surface area is 121 Å². The number of nitrogens with one attached hydrogen (secondary N) is 1. The summed E-state index contributed by atoms with van der Waals surface area (Å²) in [6, 6.07) is 3.88. The third kappa shape index (κ3) is 3.05. The zero-order chi connectivity index (χ0) is 15.6. The Morgan fingerprint density at radius 1 is 1.00 bits per heavy atom. The average Bonchev–Trinajstić information content (AvgIpc) is 2.42. The number of amides is 1. The largest absolute Gasteiger partial charge is 0.476 e. The lowest BCUT2D eigenvalue weighted by Crippen LogP contribution is -2.20. The summed E-state index contributed by atoms with van der Waals surface area (Å²) in [5, 5.41) is 11.8. The quantitative estimate of drug-likeness (QED) is 0.903. The summed E-state index contributed by atoms with van der Waals surface area (Å²) in [4.78, 5) is 30.8. The van der Waals surface area contributed by atoms with E-state index in [4.69, 9.17) is 5.11 Å². The van der Waals surface area contributed by atoms with Crippen LogP contribution in [0.2, 0.25) is 0 Å². The highest BCUT2D eigenvalue weighted by atomic mass is 16.4. The Hall–Kier alpha value is -2.76. The molecule has 1 aromatic heterocycles. The van der Waals surface area contributed by atoms with E-state index in [9.17, 15) is 9.59 Å². The van der Waals surface area contributed by atoms with Crippen molar-refractivity contribution in [3.8, 4) is 0 Å². The van der Waals surface area contributed by atoms with Gasteiger partial charge in [0, 0.05) is 18.1 Å². The van der Waals surface area contributed by atoms with Crippen LogP contribution in [-0.4, -0.2) is 27.0 Å². The molecule has 2 rings (SSSR count). The van der Waals surface area contributed by atoms with E-state index in [1.54, 1.807) is 0 Å². The van der Waals surface area contributed by atoms with Crippen molar-refractivity contribution in [2.24, 2.45) is 0 Å². The Balaban J connectivity index is 2.38. The van der Waals surface area contributed by atoms with Crippen molar-refractivity contribution < 1.29 is 14.7 Å². The second-order valence-electron chi connectivity index (χ2n) is 4.79. The van der Waals surface area contributed by atoms with Crippen LogP contribution in [-0.2, 0) is 0 Å². The molecule has 0 bridgehead atoms. The van der Waals surface area contributed by atoms with Crippen LogP contribution in [0.4, 0.5) is 5.69 Å². The first-order chi connectivity index (χ1) is 9.90. The van der Waals surface area contributed by atoms with Gasteiger partial charge in [0.25, 0.3) is 5.91 Å². The van der Waals surface area contributed by atoms with Crippen molar-refractivity contribution in [2.45, 2.75) is 20.8 Å². The number of aromatic nitrogens is 2. The normalized spacial score (nSPS) is 10.2. The lowest BCUT2D eigenvalue weighted by atomic mass is 10.0. The number of hydrogen-bond donors (Lipinski definition) is 2. The number of carboxylic acids is 1. The van der Waals surface area contributed by atoms with E-state index in [2.05, 4.69) is 15.3 Å². The summed E-state index contributed by atoms with van der Waals surface area (Å²) >= 11 is 0. The van der Waals surface area contributed by atoms with Crippen LogP contribution in [0.15, 0.2) is 24.5 Å². The number of aryl methyl sites for hydroxylation is 3. The molecule has 0 aliphatic carbocycles. The molecule has 1 amide bonds. The molecule has 0 fully saturated rings. The van der Waals surface area contributed by atoms with Gasteiger partial charge in [0.15, 0.2) is 11.4 Å². The monoisotopic (exact) mass is 285 g/mol. The van der Waals surface area contributed by atoms with Crippen molar-refractivity contribution in [2.75, 3.05) is 5.32 Å². The second-order valence-corrected chi connectivity index (χ2v) is 4.79. The number of benzene rings is 1. The van der Waals surface area contributed by atoms with Crippen LogP contribution in [0, 0.1) is 20.8 Å². The number of rotatable bonds is 3. The van der Waals surface area contributed by atoms with Crippen molar-refractivity contribution >= 4 is 17.6 Å². The predicted octanol–water partition coefficient (Wildman–Crippen LogP) is 2.35. The molecule has 0 unspecified atom stereocenters. The minimum absolute atomic E-state index is 0.204. The van der Waals surface area contributed by atoms with E-state index >= 15 is 0 Å². The van der Waals surface area contributed by atoms with Crippen LogP contribution < -0.4 is 5.32 Å². The van der Waals surface area contributed by atoms with E-state index in [0.29, 0.717) is 5.69 Å². The number of carbonyl (C=O) groups is 2. The summed E-state index contributed by atoms with van der Waals surface area (Å²) in [6.07, 6.45) is 2.53. The minimum Gasteiger partial charge on any atom is -0.476 e. The van der Waals surface area contributed by atoms with Gasteiger partial charge >= 0.3 is 5.97 Å². The number of anilines is 1. The van der Waals surface area contributed by atoms with Crippen LogP contribution >= 0.6 is 0 Å². The van der Waals surface area contributed by atoms with Crippen molar-refractivity contribution in [1.29, 1.82) is 0 Å². The molecule has 2 N–H and O–H groups in total. The lowest BCUT2D eigenvalue weighted by molar-refractivity contribution is 0.0685. The zero-order valence-corrected chi connectivity index (χ0v) is 12.0. The highest BCUT2D eigenvalue weighted by molar-refractivity contribution is 6.09. The van der Waals surface area contributed by atoms with E-state index < -0.39 is 11.9 Å². The van der Waals surface area contributed by atoms with Gasteiger partial charge in [-0.3, -0.25) is 4.79 Å². The van der Waals surface area contributed by atoms with Gasteiger partial charge in [-0.05, 0) is 31.9 Å². The van der Waals surface area contributed by atoms with Gasteiger partial charge in [-0.25, -0.2) is 14.8 Å². The van der Waals surface area contributed by atoms with Gasteiger partial charge in [-0.2, -0.15) is 0 Å². The molecule has 0 saturated carbocycles. The minimum atomic E-state index is -1.29. The topological polar surface area (TPSA) is 92.2 Å². The molecule has 1 aromatic carbocycles. The Bertz CT molecular complexity index is 703. The van der Waals surface area contributed by atoms with Gasteiger partial charge in [-0.15, -0.1) is 0 Å². The standard InChI is InChI=1S/C15H15N3O3/c1-8-6-9(2)11(10(3)7-8)18-14(19)12-13(15(20)21)17-5-4-16-12/h4-7H,1-3H3,(H,18,19)(H,20,21). The van der Waals surface area contributed by atoms with E-state index in [0.717, 1.165) is 16.7 Å². The summed E-state index contributed by atoms with van der Waals surface area (Å²) in [6.45, 7) is 5.73. The maximum absolute atomic E-state index is 12.3. The van der Waals surface area contributed by atoms with Gasteiger partial charge in [0.05, 0.1) is 0 Å². The van der Waals surface area contributed by atoms with E-state index in [1.165, 1.54) is 12.4 Å². The smallest absolute Gasteiger partial charge is 0.356 e. The molecule has 108 valence electrons. The first-order valence-corrected chi connectivity index (χ1v) is 6.33. The van der Waals surface area contributed by atoms with Gasteiger partial charge in [0.1, 0.15) is 0 Å². The Morgan fingerprint density at radius 3 is 2.05 bits per heavy atom. The van der Waals surface area contributed by atoms with Crippen molar-refractivity contribution in [3.05, 3.63) is 52.6 Å². The molecule has 0 aliphatic rings. The molecule has 2 aromatic rings. The van der Waals surface area contributed by atoms with Gasteiger partial charge in [0.2, 0.25) is 0 Å². The fraction of sp³-hybridized carbons (Fsp3) is 0.200. The molecule has 6 nitrogen and oxygen atoms in total. The number of carboxylic acid groups (broad SMARTS) is 1. The molecular formula is C15H15N3O3. The molecule has 0 atom stereocenters. The molecule has 1 heterocycles. The summed E-state index contributed by atoms with van der Waals surface area (Å²) < 4.78 is 0. The van der Waals surface area contributed by atoms with Crippen LogP contribution in [0.3, 0.4) is 0 Å². The first kappa shape index (κ1) is 14.6. The third-order valence-electron chi connectivity index (χ3n) is 3.03. The molecule has 0 radical (unpaired) electrons. The fourth-order valence-corrected chi connectivity index (χ4v) is 2.21. The van der Waals surface area contributed by atoms with Gasteiger partial charge < -0.3 is 10.4 Å². The number of hydrogen-bond acceptors (Lipinski definition) is 4. The predicted molar refractivity (Wildman–Crippen MR) is 77.6 cm³/mol. The lowest BCUT2D eigenvalue weighted by Gasteiger charge is -2.13. The molecule has 21 heavy (non-hydrogen) atoms. The Kier molecular flexibility index (Phi) is 3.98. The Morgan fingerprint density at radius 2 is 1.52 bits per heavy atom. The highest BCUT2D eigenvalue weighted by Crippen LogP contribution is 2.22. The fourth-order valence-electron chi connectivity index (χ4n) is 2.21. The summed E-state index contributed by atoms with van der Waals surface area (Å²) in [5.74, 6) is -1.87. The summed E-state index contributed by atoms with van der Waals surface area (Å²) in [5.41, 5.74) is 2.99. The number of aromatic carboxylic acids is 1. The molecule has 0 spiro atoms. The highest BCUT2D eigenvalue weighted by Gasteiger charge is 2.20. The summed E-state index contributed by atoms with van der Waals surface area (Å²) in [7, 11) is 0. The SMILES string of the molecule is Cc1cc(C)c(NC(=O)c2nccnc2C(=O)O)c(C)c1. The number of nitrogens with zero attached hydrogens (tertiary/aromatic N) is 2. The van der Waals surface area contributed by atoms with Crippen LogP contribution in [0.1, 0.15) is 37.7 Å². The van der Waals surface area contributed by atoms with E-state index in [1.807, 2.05) is 32.9 Å². The second kappa shape index (κ2) is 5.70. The van der Waals surface area contributed by atoms with Crippen LogP contribution in [0.25, 0.3) is 0 Å². The third-order valence-corrected chi connectivity index (χ3v) is 3.03. The molecular weight excluding hydrogens is 270 g/mol. The maximum Gasteiger partial charge on any atom is 0.356 e. The molecule has 6 heteroatoms. The van der Waals surface area contributed by atoms with Crippen molar-refractivity contribution in [1.82, 2.24) is 9.97 Å². The van der Waals surface area contributed by atoms with Gasteiger partial charge in [-0.1, -0.05) is 17.7 Å². The van der Waals surface area contributed by atoms with Crippen LogP contribution in [0.5, 0.6) is 0 Å². The molecule has 0 aliphatic heterocycles. The zero-order valence-electron chi connectivity index (χ0n) is 12.0. The maximum atomic E-state index is 12.3.